The van der Waals surface area contributed by atoms with E-state index in [0.29, 0.717) is 6.61 Å². The lowest BCUT2D eigenvalue weighted by Crippen LogP contribution is -2.14. The molecule has 0 bridgehead atoms. The molecule has 0 amide bonds. The first-order valence-electron chi connectivity index (χ1n) is 8.55. The molecule has 0 aliphatic rings. The Morgan fingerprint density at radius 3 is 2.09 bits per heavy atom. The Morgan fingerprint density at radius 1 is 0.913 bits per heavy atom. The predicted octanol–water partition coefficient (Wildman–Crippen LogP) is 5.66. The van der Waals surface area contributed by atoms with Gasteiger partial charge in [0.25, 0.3) is 0 Å². The number of carbonyl (C=O) groups excluding carboxylic acids is 1. The van der Waals surface area contributed by atoms with Crippen LogP contribution in [0, 0.1) is 5.92 Å². The molecule has 0 atom stereocenters. The monoisotopic (exact) mass is 310 g/mol. The summed E-state index contributed by atoms with van der Waals surface area (Å²) in [5.74, 6) is 1.22. The Kier molecular flexibility index (Phi) is 6.86. The average molecular weight is 310 g/mol. The molecule has 0 N–H and O–H groups in total. The highest BCUT2D eigenvalue weighted by Gasteiger charge is 2.18. The largest absolute Gasteiger partial charge is 0.489 e. The maximum absolute atomic E-state index is 12.6. The molecule has 0 aliphatic heterocycles. The number of hydrogen-bond acceptors (Lipinski definition) is 2. The van der Waals surface area contributed by atoms with Crippen molar-refractivity contribution in [2.75, 3.05) is 0 Å². The van der Waals surface area contributed by atoms with Gasteiger partial charge in [-0.1, -0.05) is 57.0 Å². The summed E-state index contributed by atoms with van der Waals surface area (Å²) < 4.78 is 5.77. The van der Waals surface area contributed by atoms with Crippen LogP contribution < -0.4 is 4.74 Å². The molecular formula is C21H26O2. The summed E-state index contributed by atoms with van der Waals surface area (Å²) in [6, 6.07) is 17.6. The number of benzene rings is 2. The van der Waals surface area contributed by atoms with E-state index in [1.807, 2.05) is 54.6 Å². The Labute approximate surface area is 139 Å². The fourth-order valence-electron chi connectivity index (χ4n) is 2.80. The van der Waals surface area contributed by atoms with Gasteiger partial charge in [0.15, 0.2) is 5.78 Å². The average Bonchev–Trinajstić information content (AvgIpc) is 2.60. The summed E-state index contributed by atoms with van der Waals surface area (Å²) in [5, 5.41) is 0. The summed E-state index contributed by atoms with van der Waals surface area (Å²) in [4.78, 5) is 12.6. The van der Waals surface area contributed by atoms with Crippen LogP contribution in [0.25, 0.3) is 0 Å². The van der Waals surface area contributed by atoms with Gasteiger partial charge in [0.2, 0.25) is 0 Å². The van der Waals surface area contributed by atoms with Gasteiger partial charge in [-0.05, 0) is 42.7 Å². The van der Waals surface area contributed by atoms with Gasteiger partial charge in [-0.25, -0.2) is 0 Å². The Morgan fingerprint density at radius 2 is 1.52 bits per heavy atom. The summed E-state index contributed by atoms with van der Waals surface area (Å²) in [6.07, 6.45) is 4.04. The zero-order chi connectivity index (χ0) is 16.5. The van der Waals surface area contributed by atoms with E-state index in [4.69, 9.17) is 4.74 Å². The highest BCUT2D eigenvalue weighted by atomic mass is 16.5. The molecule has 0 saturated carbocycles. The number of rotatable bonds is 9. The highest BCUT2D eigenvalue weighted by molar-refractivity contribution is 5.97. The molecular weight excluding hydrogens is 284 g/mol. The quantitative estimate of drug-likeness (QED) is 0.558. The molecule has 2 heteroatoms. The van der Waals surface area contributed by atoms with Crippen molar-refractivity contribution in [3.8, 4) is 5.75 Å². The van der Waals surface area contributed by atoms with Crippen molar-refractivity contribution in [3.63, 3.8) is 0 Å². The van der Waals surface area contributed by atoms with Crippen molar-refractivity contribution in [1.29, 1.82) is 0 Å². The van der Waals surface area contributed by atoms with Crippen LogP contribution in [0.1, 0.15) is 55.5 Å². The van der Waals surface area contributed by atoms with Crippen molar-refractivity contribution < 1.29 is 9.53 Å². The molecule has 2 aromatic carbocycles. The topological polar surface area (TPSA) is 26.3 Å². The standard InChI is InChI=1S/C21H26O2/c1-3-8-18(9-4-2)21(22)19-12-14-20(15-13-19)23-16-17-10-6-5-7-11-17/h5-7,10-15,18H,3-4,8-9,16H2,1-2H3. The first-order valence-corrected chi connectivity index (χ1v) is 8.55. The maximum Gasteiger partial charge on any atom is 0.165 e. The molecule has 23 heavy (non-hydrogen) atoms. The van der Waals surface area contributed by atoms with Crippen molar-refractivity contribution >= 4 is 5.78 Å². The van der Waals surface area contributed by atoms with E-state index < -0.39 is 0 Å². The lowest BCUT2D eigenvalue weighted by atomic mass is 9.90. The minimum Gasteiger partial charge on any atom is -0.489 e. The van der Waals surface area contributed by atoms with Gasteiger partial charge in [-0.3, -0.25) is 4.79 Å². The fraction of sp³-hybridized carbons (Fsp3) is 0.381. The Balaban J connectivity index is 1.96. The van der Waals surface area contributed by atoms with Crippen LogP contribution in [-0.2, 0) is 6.61 Å². The minimum absolute atomic E-state index is 0.154. The normalized spacial score (nSPS) is 10.7. The second kappa shape index (κ2) is 9.14. The third kappa shape index (κ3) is 5.24. The van der Waals surface area contributed by atoms with Gasteiger partial charge in [0, 0.05) is 11.5 Å². The molecule has 2 nitrogen and oxygen atoms in total. The summed E-state index contributed by atoms with van der Waals surface area (Å²) in [6.45, 7) is 4.81. The first kappa shape index (κ1) is 17.3. The number of carbonyl (C=O) groups is 1. The smallest absolute Gasteiger partial charge is 0.165 e. The zero-order valence-corrected chi connectivity index (χ0v) is 14.1. The van der Waals surface area contributed by atoms with Gasteiger partial charge in [0.1, 0.15) is 12.4 Å². The minimum atomic E-state index is 0.154. The molecule has 122 valence electrons. The maximum atomic E-state index is 12.6. The van der Waals surface area contributed by atoms with Crippen LogP contribution in [0.4, 0.5) is 0 Å². The molecule has 0 saturated heterocycles. The fourth-order valence-corrected chi connectivity index (χ4v) is 2.80. The molecule has 0 aliphatic carbocycles. The van der Waals surface area contributed by atoms with E-state index >= 15 is 0 Å². The van der Waals surface area contributed by atoms with Crippen LogP contribution in [0.15, 0.2) is 54.6 Å². The lowest BCUT2D eigenvalue weighted by molar-refractivity contribution is 0.0905. The first-order chi connectivity index (χ1) is 11.2. The van der Waals surface area contributed by atoms with Crippen molar-refractivity contribution in [2.45, 2.75) is 46.1 Å². The van der Waals surface area contributed by atoms with Crippen LogP contribution in [-0.4, -0.2) is 5.78 Å². The van der Waals surface area contributed by atoms with Gasteiger partial charge in [0.05, 0.1) is 0 Å². The Bertz CT molecular complexity index is 581. The summed E-state index contributed by atoms with van der Waals surface area (Å²) >= 11 is 0. The molecule has 0 heterocycles. The number of Topliss-reactive ketones (excluding diaryl/α,β-unsaturated/α-hetero) is 1. The number of ketones is 1. The van der Waals surface area contributed by atoms with Crippen molar-refractivity contribution in [3.05, 3.63) is 65.7 Å². The van der Waals surface area contributed by atoms with E-state index in [9.17, 15) is 4.79 Å². The van der Waals surface area contributed by atoms with E-state index in [-0.39, 0.29) is 11.7 Å². The van der Waals surface area contributed by atoms with Crippen LogP contribution >= 0.6 is 0 Å². The molecule has 2 aromatic rings. The van der Waals surface area contributed by atoms with E-state index in [1.54, 1.807) is 0 Å². The molecule has 0 unspecified atom stereocenters. The van der Waals surface area contributed by atoms with Gasteiger partial charge < -0.3 is 4.74 Å². The second-order valence-electron chi connectivity index (χ2n) is 5.94. The molecule has 2 rings (SSSR count). The molecule has 0 aromatic heterocycles. The summed E-state index contributed by atoms with van der Waals surface area (Å²) in [5.41, 5.74) is 1.93. The SMILES string of the molecule is CCCC(CCC)C(=O)c1ccc(OCc2ccccc2)cc1. The predicted molar refractivity (Wildman–Crippen MR) is 94.9 cm³/mol. The van der Waals surface area contributed by atoms with Crippen LogP contribution in [0.3, 0.4) is 0 Å². The van der Waals surface area contributed by atoms with Gasteiger partial charge >= 0.3 is 0 Å². The number of hydrogen-bond donors (Lipinski definition) is 0. The lowest BCUT2D eigenvalue weighted by Gasteiger charge is -2.14. The molecule has 0 radical (unpaired) electrons. The molecule has 0 fully saturated rings. The third-order valence-corrected chi connectivity index (χ3v) is 4.03. The van der Waals surface area contributed by atoms with Crippen molar-refractivity contribution in [1.82, 2.24) is 0 Å². The van der Waals surface area contributed by atoms with Crippen LogP contribution in [0.2, 0.25) is 0 Å². The zero-order valence-electron chi connectivity index (χ0n) is 14.1. The summed E-state index contributed by atoms with van der Waals surface area (Å²) in [7, 11) is 0. The van der Waals surface area contributed by atoms with Gasteiger partial charge in [-0.15, -0.1) is 0 Å². The van der Waals surface area contributed by atoms with Crippen molar-refractivity contribution in [2.24, 2.45) is 5.92 Å². The third-order valence-electron chi connectivity index (χ3n) is 4.03. The number of ether oxygens (including phenoxy) is 1. The van der Waals surface area contributed by atoms with E-state index in [1.165, 1.54) is 0 Å². The Hall–Kier alpha value is -2.09. The second-order valence-corrected chi connectivity index (χ2v) is 5.94. The van der Waals surface area contributed by atoms with E-state index in [2.05, 4.69) is 13.8 Å². The van der Waals surface area contributed by atoms with E-state index in [0.717, 1.165) is 42.6 Å². The van der Waals surface area contributed by atoms with Gasteiger partial charge in [-0.2, -0.15) is 0 Å². The highest BCUT2D eigenvalue weighted by Crippen LogP contribution is 2.21. The molecule has 0 spiro atoms. The van der Waals surface area contributed by atoms with Crippen LogP contribution in [0.5, 0.6) is 5.75 Å².